The van der Waals surface area contributed by atoms with Crippen LogP contribution >= 0.6 is 0 Å². The molecule has 0 aliphatic heterocycles. The van der Waals surface area contributed by atoms with E-state index in [1.54, 1.807) is 25.5 Å². The molecule has 11 heteroatoms. The Morgan fingerprint density at radius 2 is 1.97 bits per heavy atom. The maximum absolute atomic E-state index is 12.0. The highest BCUT2D eigenvalue weighted by molar-refractivity contribution is 7.90. The number of aromatic nitrogens is 5. The van der Waals surface area contributed by atoms with Gasteiger partial charge >= 0.3 is 0 Å². The van der Waals surface area contributed by atoms with Crippen LogP contribution in [0.3, 0.4) is 0 Å². The number of primary amides is 1. The number of amides is 1. The van der Waals surface area contributed by atoms with Crippen LogP contribution in [-0.2, 0) is 20.0 Å². The number of hydrogen-bond acceptors (Lipinski definition) is 8. The van der Waals surface area contributed by atoms with E-state index in [0.717, 1.165) is 17.0 Å². The number of sulfone groups is 1. The minimum absolute atomic E-state index is 0.147. The highest BCUT2D eigenvalue weighted by Gasteiger charge is 2.51. The first kappa shape index (κ1) is 19.4. The molecule has 1 aliphatic rings. The molecule has 1 fully saturated rings. The number of nitrogens with one attached hydrogen (secondary N) is 1. The summed E-state index contributed by atoms with van der Waals surface area (Å²) in [6.07, 6.45) is 7.22. The zero-order valence-corrected chi connectivity index (χ0v) is 17.6. The molecule has 3 N–H and O–H groups in total. The molecule has 1 aliphatic carbocycles. The van der Waals surface area contributed by atoms with Gasteiger partial charge in [0.25, 0.3) is 0 Å². The van der Waals surface area contributed by atoms with Crippen LogP contribution in [0.1, 0.15) is 18.5 Å². The fourth-order valence-electron chi connectivity index (χ4n) is 3.73. The Morgan fingerprint density at radius 1 is 1.19 bits per heavy atom. The van der Waals surface area contributed by atoms with Crippen molar-refractivity contribution in [1.29, 1.82) is 0 Å². The van der Waals surface area contributed by atoms with Crippen molar-refractivity contribution in [2.45, 2.75) is 23.2 Å². The average molecular weight is 437 g/mol. The smallest absolute Gasteiger partial charge is 0.229 e. The van der Waals surface area contributed by atoms with Crippen LogP contribution in [-0.4, -0.2) is 52.2 Å². The van der Waals surface area contributed by atoms with Gasteiger partial charge < -0.3 is 11.1 Å². The van der Waals surface area contributed by atoms with Gasteiger partial charge in [-0.15, -0.1) is 5.10 Å². The third-order valence-electron chi connectivity index (χ3n) is 5.69. The summed E-state index contributed by atoms with van der Waals surface area (Å²) in [6.45, 7) is 0. The van der Waals surface area contributed by atoms with Gasteiger partial charge in [-0.3, -0.25) is 9.78 Å². The molecule has 4 heterocycles. The Labute approximate surface area is 177 Å². The first-order valence-electron chi connectivity index (χ1n) is 9.57. The van der Waals surface area contributed by atoms with Crippen molar-refractivity contribution in [2.75, 3.05) is 18.6 Å². The second kappa shape index (κ2) is 6.45. The molecule has 5 rings (SSSR count). The standard InChI is InChI=1S/C20H19N7O3S/c1-22-17-13-8-23-15(20(5-6-20)19(21)28)7-12(13)14(9-24-17)18-25-16-4-3-11(31(2,29)30)10-27(16)26-18/h3-4,7-10H,5-6H2,1-2H3,(H2,21,28)(H,22,24). The summed E-state index contributed by atoms with van der Waals surface area (Å²) in [5, 5.41) is 9.04. The van der Waals surface area contributed by atoms with Crippen molar-refractivity contribution in [3.63, 3.8) is 0 Å². The number of nitrogens with two attached hydrogens (primary N) is 1. The summed E-state index contributed by atoms with van der Waals surface area (Å²) in [5.41, 5.74) is 6.66. The van der Waals surface area contributed by atoms with Gasteiger partial charge in [0.05, 0.1) is 16.0 Å². The number of anilines is 1. The van der Waals surface area contributed by atoms with Gasteiger partial charge in [-0.1, -0.05) is 0 Å². The van der Waals surface area contributed by atoms with Gasteiger partial charge in [0.2, 0.25) is 5.91 Å². The highest BCUT2D eigenvalue weighted by atomic mass is 32.2. The predicted octanol–water partition coefficient (Wildman–Crippen LogP) is 1.30. The van der Waals surface area contributed by atoms with Gasteiger partial charge in [-0.05, 0) is 31.0 Å². The molecule has 1 amide bonds. The van der Waals surface area contributed by atoms with E-state index in [9.17, 15) is 13.2 Å². The third kappa shape index (κ3) is 3.00. The molecule has 0 bridgehead atoms. The molecule has 158 valence electrons. The first-order chi connectivity index (χ1) is 14.7. The summed E-state index contributed by atoms with van der Waals surface area (Å²) in [6, 6.07) is 4.94. The van der Waals surface area contributed by atoms with E-state index in [1.165, 1.54) is 16.8 Å². The normalized spacial score (nSPS) is 15.3. The Morgan fingerprint density at radius 3 is 2.61 bits per heavy atom. The summed E-state index contributed by atoms with van der Waals surface area (Å²) >= 11 is 0. The maximum Gasteiger partial charge on any atom is 0.229 e. The van der Waals surface area contributed by atoms with Crippen LogP contribution in [0, 0.1) is 0 Å². The van der Waals surface area contributed by atoms with E-state index < -0.39 is 15.3 Å². The molecule has 0 aromatic carbocycles. The van der Waals surface area contributed by atoms with Gasteiger partial charge in [0, 0.05) is 48.2 Å². The largest absolute Gasteiger partial charge is 0.373 e. The number of rotatable bonds is 5. The van der Waals surface area contributed by atoms with Crippen molar-refractivity contribution in [3.05, 3.63) is 42.5 Å². The molecule has 0 saturated heterocycles. The Bertz CT molecular complexity index is 1490. The lowest BCUT2D eigenvalue weighted by Crippen LogP contribution is -2.29. The molecular weight excluding hydrogens is 418 g/mol. The highest BCUT2D eigenvalue weighted by Crippen LogP contribution is 2.48. The Balaban J connectivity index is 1.73. The van der Waals surface area contributed by atoms with Crippen LogP contribution in [0.4, 0.5) is 5.82 Å². The molecule has 10 nitrogen and oxygen atoms in total. The Kier molecular flexibility index (Phi) is 4.03. The van der Waals surface area contributed by atoms with Crippen LogP contribution < -0.4 is 11.1 Å². The lowest BCUT2D eigenvalue weighted by molar-refractivity contribution is -0.120. The predicted molar refractivity (Wildman–Crippen MR) is 114 cm³/mol. The van der Waals surface area contributed by atoms with Crippen molar-refractivity contribution >= 4 is 38.0 Å². The fraction of sp³-hybridized carbons (Fsp3) is 0.250. The molecular formula is C20H19N7O3S. The number of fused-ring (bicyclic) bond motifs is 2. The molecule has 0 radical (unpaired) electrons. The second-order valence-electron chi connectivity index (χ2n) is 7.71. The SMILES string of the molecule is CNc1ncc(-c2nc3ccc(S(C)(=O)=O)cn3n2)c2cc(C3(C(N)=O)CC3)ncc12. The molecule has 0 atom stereocenters. The van der Waals surface area contributed by atoms with E-state index in [1.807, 2.05) is 6.07 Å². The topological polar surface area (TPSA) is 145 Å². The van der Waals surface area contributed by atoms with Gasteiger partial charge in [-0.2, -0.15) is 0 Å². The van der Waals surface area contributed by atoms with Crippen LogP contribution in [0.25, 0.3) is 27.8 Å². The molecule has 1 saturated carbocycles. The monoisotopic (exact) mass is 437 g/mol. The molecule has 4 aromatic heterocycles. The lowest BCUT2D eigenvalue weighted by Gasteiger charge is -2.13. The van der Waals surface area contributed by atoms with Gasteiger partial charge in [-0.25, -0.2) is 22.9 Å². The molecule has 0 spiro atoms. The summed E-state index contributed by atoms with van der Waals surface area (Å²) in [7, 11) is -1.62. The van der Waals surface area contributed by atoms with Crippen LogP contribution in [0.15, 0.2) is 41.7 Å². The number of carbonyl (C=O) groups excluding carboxylic acids is 1. The Hall–Kier alpha value is -3.60. The molecule has 0 unspecified atom stereocenters. The summed E-state index contributed by atoms with van der Waals surface area (Å²) in [4.78, 5) is 25.6. The minimum Gasteiger partial charge on any atom is -0.373 e. The first-order valence-corrected chi connectivity index (χ1v) is 11.5. The maximum atomic E-state index is 12.0. The fourth-order valence-corrected chi connectivity index (χ4v) is 4.33. The number of carbonyl (C=O) groups is 1. The zero-order valence-electron chi connectivity index (χ0n) is 16.8. The number of nitrogens with zero attached hydrogens (tertiary/aromatic N) is 5. The zero-order chi connectivity index (χ0) is 22.0. The number of hydrogen-bond donors (Lipinski definition) is 2. The van der Waals surface area contributed by atoms with Crippen molar-refractivity contribution < 1.29 is 13.2 Å². The van der Waals surface area contributed by atoms with Gasteiger partial charge in [0.15, 0.2) is 21.3 Å². The van der Waals surface area contributed by atoms with E-state index in [-0.39, 0.29) is 10.8 Å². The second-order valence-corrected chi connectivity index (χ2v) is 9.72. The lowest BCUT2D eigenvalue weighted by atomic mass is 9.97. The van der Waals surface area contributed by atoms with E-state index in [0.29, 0.717) is 41.4 Å². The summed E-state index contributed by atoms with van der Waals surface area (Å²) in [5.74, 6) is 0.625. The average Bonchev–Trinajstić information content (AvgIpc) is 3.45. The van der Waals surface area contributed by atoms with E-state index in [2.05, 4.69) is 25.4 Å². The van der Waals surface area contributed by atoms with Crippen LogP contribution in [0.2, 0.25) is 0 Å². The van der Waals surface area contributed by atoms with Crippen LogP contribution in [0.5, 0.6) is 0 Å². The van der Waals surface area contributed by atoms with Crippen molar-refractivity contribution in [2.24, 2.45) is 5.73 Å². The quantitative estimate of drug-likeness (QED) is 0.475. The van der Waals surface area contributed by atoms with Gasteiger partial charge in [0.1, 0.15) is 5.82 Å². The van der Waals surface area contributed by atoms with Crippen molar-refractivity contribution in [1.82, 2.24) is 24.6 Å². The van der Waals surface area contributed by atoms with Crippen molar-refractivity contribution in [3.8, 4) is 11.4 Å². The minimum atomic E-state index is -3.38. The summed E-state index contributed by atoms with van der Waals surface area (Å²) < 4.78 is 25.2. The van der Waals surface area contributed by atoms with E-state index >= 15 is 0 Å². The number of pyridine rings is 3. The molecule has 4 aromatic rings. The third-order valence-corrected chi connectivity index (χ3v) is 6.79. The molecule has 31 heavy (non-hydrogen) atoms. The van der Waals surface area contributed by atoms with E-state index in [4.69, 9.17) is 5.73 Å².